The lowest BCUT2D eigenvalue weighted by atomic mass is 10.1. The third kappa shape index (κ3) is 3.80. The molecular formula is C21H20F3N5O. The molecule has 6 nitrogen and oxygen atoms in total. The highest BCUT2D eigenvalue weighted by molar-refractivity contribution is 5.59. The number of aryl methyl sites for hydroxylation is 1. The number of anilines is 2. The van der Waals surface area contributed by atoms with Crippen molar-refractivity contribution in [1.82, 2.24) is 19.4 Å². The van der Waals surface area contributed by atoms with Crippen molar-refractivity contribution in [1.29, 1.82) is 0 Å². The number of benzene rings is 1. The highest BCUT2D eigenvalue weighted by Crippen LogP contribution is 2.34. The molecule has 0 aliphatic carbocycles. The van der Waals surface area contributed by atoms with Crippen molar-refractivity contribution in [2.24, 2.45) is 0 Å². The second kappa shape index (κ2) is 7.56. The molecule has 3 heterocycles. The Kier molecular flexibility index (Phi) is 5.07. The number of hydrogen-bond acceptors (Lipinski definition) is 5. The van der Waals surface area contributed by atoms with E-state index in [1.165, 1.54) is 10.6 Å². The normalized spacial score (nSPS) is 14.6. The Labute approximate surface area is 171 Å². The Balaban J connectivity index is 1.80. The SMILES string of the molecule is Cc1nc2n(c(=O)c1C)CN(Cc1cccnc1)CN2c1cccc(C(F)(F)F)c1. The van der Waals surface area contributed by atoms with Gasteiger partial charge in [0.2, 0.25) is 5.95 Å². The first kappa shape index (κ1) is 20.1. The lowest BCUT2D eigenvalue weighted by Crippen LogP contribution is -2.47. The maximum atomic E-state index is 13.3. The number of alkyl halides is 3. The summed E-state index contributed by atoms with van der Waals surface area (Å²) in [6.07, 6.45) is -1.06. The van der Waals surface area contributed by atoms with Crippen LogP contribution in [-0.4, -0.2) is 26.1 Å². The summed E-state index contributed by atoms with van der Waals surface area (Å²) >= 11 is 0. The zero-order chi connectivity index (χ0) is 21.5. The van der Waals surface area contributed by atoms with Crippen molar-refractivity contribution in [3.8, 4) is 0 Å². The highest BCUT2D eigenvalue weighted by atomic mass is 19.4. The number of pyridine rings is 1. The quantitative estimate of drug-likeness (QED) is 0.651. The van der Waals surface area contributed by atoms with E-state index in [-0.39, 0.29) is 18.9 Å². The summed E-state index contributed by atoms with van der Waals surface area (Å²) in [5.74, 6) is 0.338. The van der Waals surface area contributed by atoms with Crippen molar-refractivity contribution in [2.75, 3.05) is 11.6 Å². The molecule has 0 radical (unpaired) electrons. The Morgan fingerprint density at radius 3 is 2.60 bits per heavy atom. The molecule has 1 aromatic carbocycles. The first-order chi connectivity index (χ1) is 14.2. The van der Waals surface area contributed by atoms with Gasteiger partial charge in [-0.3, -0.25) is 24.1 Å². The highest BCUT2D eigenvalue weighted by Gasteiger charge is 2.32. The van der Waals surface area contributed by atoms with E-state index in [4.69, 9.17) is 0 Å². The van der Waals surface area contributed by atoms with Crippen LogP contribution >= 0.6 is 0 Å². The van der Waals surface area contributed by atoms with Gasteiger partial charge in [0.15, 0.2) is 0 Å². The lowest BCUT2D eigenvalue weighted by molar-refractivity contribution is -0.137. The Bertz CT molecular complexity index is 1130. The molecule has 3 aromatic rings. The first-order valence-electron chi connectivity index (χ1n) is 9.38. The van der Waals surface area contributed by atoms with Crippen LogP contribution in [0.5, 0.6) is 0 Å². The van der Waals surface area contributed by atoms with E-state index in [0.717, 1.165) is 17.7 Å². The molecule has 4 rings (SSSR count). The van der Waals surface area contributed by atoms with Crippen LogP contribution in [0.1, 0.15) is 22.4 Å². The maximum Gasteiger partial charge on any atom is 0.416 e. The topological polar surface area (TPSA) is 54.3 Å². The van der Waals surface area contributed by atoms with Crippen LogP contribution in [0.4, 0.5) is 24.8 Å². The molecule has 0 saturated heterocycles. The number of rotatable bonds is 3. The van der Waals surface area contributed by atoms with Gasteiger partial charge in [0.25, 0.3) is 5.56 Å². The largest absolute Gasteiger partial charge is 0.416 e. The van der Waals surface area contributed by atoms with Crippen molar-refractivity contribution >= 4 is 11.6 Å². The van der Waals surface area contributed by atoms with Crippen LogP contribution in [0.2, 0.25) is 0 Å². The van der Waals surface area contributed by atoms with E-state index in [0.29, 0.717) is 29.4 Å². The molecule has 0 N–H and O–H groups in total. The van der Waals surface area contributed by atoms with Crippen LogP contribution in [0, 0.1) is 13.8 Å². The van der Waals surface area contributed by atoms with Gasteiger partial charge in [-0.15, -0.1) is 0 Å². The zero-order valence-electron chi connectivity index (χ0n) is 16.5. The van der Waals surface area contributed by atoms with Gasteiger partial charge in [-0.25, -0.2) is 4.98 Å². The van der Waals surface area contributed by atoms with E-state index in [1.54, 1.807) is 37.2 Å². The summed E-state index contributed by atoms with van der Waals surface area (Å²) in [5.41, 5.74) is 1.39. The van der Waals surface area contributed by atoms with Gasteiger partial charge in [-0.05, 0) is 43.7 Å². The molecule has 30 heavy (non-hydrogen) atoms. The molecule has 9 heteroatoms. The number of hydrogen-bond donors (Lipinski definition) is 0. The van der Waals surface area contributed by atoms with Crippen LogP contribution in [0.3, 0.4) is 0 Å². The fourth-order valence-corrected chi connectivity index (χ4v) is 3.48. The summed E-state index contributed by atoms with van der Waals surface area (Å²) in [7, 11) is 0. The predicted molar refractivity (Wildman–Crippen MR) is 106 cm³/mol. The Morgan fingerprint density at radius 2 is 1.90 bits per heavy atom. The second-order valence-corrected chi connectivity index (χ2v) is 7.30. The summed E-state index contributed by atoms with van der Waals surface area (Å²) in [4.78, 5) is 25.2. The van der Waals surface area contributed by atoms with Gasteiger partial charge in [0.05, 0.1) is 18.9 Å². The molecule has 0 unspecified atom stereocenters. The Hall–Kier alpha value is -3.20. The van der Waals surface area contributed by atoms with Crippen molar-refractivity contribution in [3.63, 3.8) is 0 Å². The van der Waals surface area contributed by atoms with Crippen LogP contribution in [0.15, 0.2) is 53.6 Å². The van der Waals surface area contributed by atoms with Gasteiger partial charge in [0.1, 0.15) is 0 Å². The molecule has 0 amide bonds. The van der Waals surface area contributed by atoms with E-state index < -0.39 is 11.7 Å². The predicted octanol–water partition coefficient (Wildman–Crippen LogP) is 3.84. The third-order valence-corrected chi connectivity index (χ3v) is 5.16. The van der Waals surface area contributed by atoms with Gasteiger partial charge in [-0.2, -0.15) is 13.2 Å². The van der Waals surface area contributed by atoms with E-state index in [2.05, 4.69) is 9.97 Å². The van der Waals surface area contributed by atoms with Gasteiger partial charge < -0.3 is 0 Å². The van der Waals surface area contributed by atoms with Gasteiger partial charge in [-0.1, -0.05) is 12.1 Å². The monoisotopic (exact) mass is 415 g/mol. The first-order valence-corrected chi connectivity index (χ1v) is 9.38. The molecule has 0 fully saturated rings. The Morgan fingerprint density at radius 1 is 1.10 bits per heavy atom. The molecule has 2 aromatic heterocycles. The fraction of sp³-hybridized carbons (Fsp3) is 0.286. The average molecular weight is 415 g/mol. The molecule has 0 spiro atoms. The molecule has 1 aliphatic heterocycles. The third-order valence-electron chi connectivity index (χ3n) is 5.16. The summed E-state index contributed by atoms with van der Waals surface area (Å²) in [6.45, 7) is 4.48. The van der Waals surface area contributed by atoms with Crippen molar-refractivity contribution in [3.05, 3.63) is 81.5 Å². The van der Waals surface area contributed by atoms with E-state index >= 15 is 0 Å². The lowest BCUT2D eigenvalue weighted by Gasteiger charge is -2.38. The minimum atomic E-state index is -4.46. The zero-order valence-corrected chi connectivity index (χ0v) is 16.5. The minimum absolute atomic E-state index is 0.203. The smallest absolute Gasteiger partial charge is 0.298 e. The molecule has 1 aliphatic rings. The molecule has 0 bridgehead atoms. The standard InChI is InChI=1S/C21H20F3N5O/c1-14-15(2)26-20-28(18-7-3-6-17(9-18)21(22,23)24)12-27(13-29(20)19(14)30)11-16-5-4-8-25-10-16/h3-10H,11-13H2,1-2H3. The van der Waals surface area contributed by atoms with Crippen molar-refractivity contribution in [2.45, 2.75) is 33.2 Å². The molecule has 156 valence electrons. The maximum absolute atomic E-state index is 13.3. The van der Waals surface area contributed by atoms with E-state index in [9.17, 15) is 18.0 Å². The van der Waals surface area contributed by atoms with E-state index in [1.807, 2.05) is 17.0 Å². The second-order valence-electron chi connectivity index (χ2n) is 7.30. The average Bonchev–Trinajstić information content (AvgIpc) is 2.72. The summed E-state index contributed by atoms with van der Waals surface area (Å²) < 4.78 is 41.3. The number of halogens is 3. The molecular weight excluding hydrogens is 395 g/mol. The minimum Gasteiger partial charge on any atom is -0.298 e. The van der Waals surface area contributed by atoms with Gasteiger partial charge >= 0.3 is 6.18 Å². The molecule has 0 atom stereocenters. The van der Waals surface area contributed by atoms with Crippen molar-refractivity contribution < 1.29 is 13.2 Å². The van der Waals surface area contributed by atoms with Crippen LogP contribution in [-0.2, 0) is 19.4 Å². The van der Waals surface area contributed by atoms with Crippen LogP contribution in [0.25, 0.3) is 0 Å². The number of fused-ring (bicyclic) bond motifs is 1. The number of aromatic nitrogens is 3. The van der Waals surface area contributed by atoms with Crippen LogP contribution < -0.4 is 10.5 Å². The summed E-state index contributed by atoms with van der Waals surface area (Å²) in [5, 5.41) is 0. The fourth-order valence-electron chi connectivity index (χ4n) is 3.48. The number of nitrogens with zero attached hydrogens (tertiary/aromatic N) is 5. The summed E-state index contributed by atoms with van der Waals surface area (Å²) in [6, 6.07) is 8.80. The molecule has 0 saturated carbocycles. The van der Waals surface area contributed by atoms with Gasteiger partial charge in [0, 0.05) is 35.9 Å².